The van der Waals surface area contributed by atoms with Crippen molar-refractivity contribution in [3.8, 4) is 0 Å². The van der Waals surface area contributed by atoms with Gasteiger partial charge in [0.05, 0.1) is 24.7 Å². The molecule has 0 unspecified atom stereocenters. The minimum atomic E-state index is -0.0613. The molecule has 0 aliphatic rings. The van der Waals surface area contributed by atoms with Crippen molar-refractivity contribution in [3.05, 3.63) is 18.1 Å². The molecular weight excluding hydrogens is 190 g/mol. The number of aromatic nitrogens is 2. The molecule has 0 saturated carbocycles. The van der Waals surface area contributed by atoms with Crippen LogP contribution in [-0.2, 0) is 6.61 Å². The predicted octanol–water partition coefficient (Wildman–Crippen LogP) is 1.59. The summed E-state index contributed by atoms with van der Waals surface area (Å²) < 4.78 is 0. The highest BCUT2D eigenvalue weighted by Crippen LogP contribution is 2.21. The van der Waals surface area contributed by atoms with E-state index in [-0.39, 0.29) is 12.1 Å². The highest BCUT2D eigenvalue weighted by Gasteiger charge is 2.22. The Labute approximate surface area is 91.0 Å². The third-order valence-corrected chi connectivity index (χ3v) is 2.97. The van der Waals surface area contributed by atoms with Crippen molar-refractivity contribution in [2.24, 2.45) is 0 Å². The molecule has 0 radical (unpaired) electrons. The third kappa shape index (κ3) is 2.65. The molecule has 0 aromatic carbocycles. The van der Waals surface area contributed by atoms with Crippen molar-refractivity contribution < 1.29 is 5.11 Å². The van der Waals surface area contributed by atoms with Crippen LogP contribution < -0.4 is 4.90 Å². The van der Waals surface area contributed by atoms with Crippen molar-refractivity contribution in [3.63, 3.8) is 0 Å². The summed E-state index contributed by atoms with van der Waals surface area (Å²) in [7, 11) is 2.01. The van der Waals surface area contributed by atoms with Gasteiger partial charge in [0.2, 0.25) is 0 Å². The molecule has 1 heterocycles. The highest BCUT2D eigenvalue weighted by atomic mass is 16.3. The molecule has 0 aliphatic carbocycles. The zero-order valence-electron chi connectivity index (χ0n) is 9.86. The zero-order chi connectivity index (χ0) is 11.5. The van der Waals surface area contributed by atoms with Gasteiger partial charge in [-0.3, -0.25) is 4.98 Å². The second-order valence-electron chi connectivity index (χ2n) is 4.25. The average Bonchev–Trinajstić information content (AvgIpc) is 2.28. The summed E-state index contributed by atoms with van der Waals surface area (Å²) in [6.45, 7) is 6.41. The van der Waals surface area contributed by atoms with Crippen LogP contribution in [0.1, 0.15) is 32.9 Å². The average molecular weight is 209 g/mol. The summed E-state index contributed by atoms with van der Waals surface area (Å²) in [5, 5.41) is 8.86. The van der Waals surface area contributed by atoms with Gasteiger partial charge in [-0.05, 0) is 20.3 Å². The molecule has 0 amide bonds. The Morgan fingerprint density at radius 2 is 2.00 bits per heavy atom. The molecule has 0 saturated heterocycles. The smallest absolute Gasteiger partial charge is 0.147 e. The van der Waals surface area contributed by atoms with Gasteiger partial charge in [0.1, 0.15) is 5.82 Å². The first-order valence-corrected chi connectivity index (χ1v) is 5.17. The predicted molar refractivity (Wildman–Crippen MR) is 60.7 cm³/mol. The van der Waals surface area contributed by atoms with Gasteiger partial charge in [0.15, 0.2) is 0 Å². The number of aliphatic hydroxyl groups excluding tert-OH is 1. The standard InChI is InChI=1S/C11H19N3O/c1-5-11(2,3)14(4)10-7-12-9(8-15)6-13-10/h6-7,15H,5,8H2,1-4H3. The summed E-state index contributed by atoms with van der Waals surface area (Å²) >= 11 is 0. The maximum atomic E-state index is 8.86. The van der Waals surface area contributed by atoms with Gasteiger partial charge < -0.3 is 10.0 Å². The monoisotopic (exact) mass is 209 g/mol. The largest absolute Gasteiger partial charge is 0.390 e. The van der Waals surface area contributed by atoms with E-state index in [4.69, 9.17) is 5.11 Å². The summed E-state index contributed by atoms with van der Waals surface area (Å²) in [4.78, 5) is 10.5. The molecule has 84 valence electrons. The molecule has 1 rings (SSSR count). The van der Waals surface area contributed by atoms with E-state index in [1.807, 2.05) is 7.05 Å². The van der Waals surface area contributed by atoms with E-state index in [1.54, 1.807) is 12.4 Å². The first-order chi connectivity index (χ1) is 7.01. The number of hydrogen-bond donors (Lipinski definition) is 1. The molecule has 0 atom stereocenters. The number of aliphatic hydroxyl groups is 1. The maximum absolute atomic E-state index is 8.86. The number of nitrogens with zero attached hydrogens (tertiary/aromatic N) is 3. The first kappa shape index (κ1) is 11.9. The summed E-state index contributed by atoms with van der Waals surface area (Å²) in [5.74, 6) is 0.832. The molecule has 1 aromatic rings. The molecule has 1 aromatic heterocycles. The minimum absolute atomic E-state index is 0.0613. The molecule has 0 fully saturated rings. The van der Waals surface area contributed by atoms with Crippen LogP contribution in [0.25, 0.3) is 0 Å². The van der Waals surface area contributed by atoms with E-state index in [2.05, 4.69) is 35.6 Å². The molecule has 1 N–H and O–H groups in total. The van der Waals surface area contributed by atoms with Crippen LogP contribution in [0.15, 0.2) is 12.4 Å². The van der Waals surface area contributed by atoms with E-state index >= 15 is 0 Å². The lowest BCUT2D eigenvalue weighted by atomic mass is 10.0. The Bertz CT molecular complexity index is 308. The third-order valence-electron chi connectivity index (χ3n) is 2.97. The van der Waals surface area contributed by atoms with Crippen molar-refractivity contribution in [1.82, 2.24) is 9.97 Å². The van der Waals surface area contributed by atoms with Crippen molar-refractivity contribution in [2.75, 3.05) is 11.9 Å². The Balaban J connectivity index is 2.87. The van der Waals surface area contributed by atoms with Crippen LogP contribution in [0.4, 0.5) is 5.82 Å². The lowest BCUT2D eigenvalue weighted by Gasteiger charge is -2.35. The molecule has 0 spiro atoms. The Hall–Kier alpha value is -1.16. The first-order valence-electron chi connectivity index (χ1n) is 5.17. The van der Waals surface area contributed by atoms with E-state index in [0.29, 0.717) is 5.69 Å². The van der Waals surface area contributed by atoms with Gasteiger partial charge in [-0.1, -0.05) is 6.92 Å². The molecule has 15 heavy (non-hydrogen) atoms. The number of rotatable bonds is 4. The number of anilines is 1. The second kappa shape index (κ2) is 4.57. The fourth-order valence-corrected chi connectivity index (χ4v) is 1.15. The molecule has 0 aliphatic heterocycles. The Morgan fingerprint density at radius 1 is 1.33 bits per heavy atom. The summed E-state index contributed by atoms with van der Waals surface area (Å²) in [5.41, 5.74) is 0.663. The van der Waals surface area contributed by atoms with Crippen LogP contribution >= 0.6 is 0 Å². The lowest BCUT2D eigenvalue weighted by molar-refractivity contribution is 0.276. The van der Waals surface area contributed by atoms with Gasteiger partial charge in [0.25, 0.3) is 0 Å². The Morgan fingerprint density at radius 3 is 2.40 bits per heavy atom. The fraction of sp³-hybridized carbons (Fsp3) is 0.636. The van der Waals surface area contributed by atoms with E-state index in [1.165, 1.54) is 0 Å². The normalized spacial score (nSPS) is 11.5. The van der Waals surface area contributed by atoms with Crippen LogP contribution in [0.3, 0.4) is 0 Å². The van der Waals surface area contributed by atoms with Gasteiger partial charge in [0, 0.05) is 12.6 Å². The van der Waals surface area contributed by atoms with Gasteiger partial charge in [-0.15, -0.1) is 0 Å². The van der Waals surface area contributed by atoms with Crippen molar-refractivity contribution >= 4 is 5.82 Å². The zero-order valence-corrected chi connectivity index (χ0v) is 9.86. The molecule has 4 heteroatoms. The van der Waals surface area contributed by atoms with Crippen LogP contribution in [0, 0.1) is 0 Å². The number of hydrogen-bond acceptors (Lipinski definition) is 4. The van der Waals surface area contributed by atoms with Crippen LogP contribution in [0.2, 0.25) is 0 Å². The molecule has 4 nitrogen and oxygen atoms in total. The van der Waals surface area contributed by atoms with Gasteiger partial charge >= 0.3 is 0 Å². The molecule has 0 bridgehead atoms. The van der Waals surface area contributed by atoms with Crippen LogP contribution in [-0.4, -0.2) is 27.7 Å². The van der Waals surface area contributed by atoms with Gasteiger partial charge in [-0.2, -0.15) is 0 Å². The van der Waals surface area contributed by atoms with Crippen LogP contribution in [0.5, 0.6) is 0 Å². The van der Waals surface area contributed by atoms with E-state index in [0.717, 1.165) is 12.2 Å². The topological polar surface area (TPSA) is 49.2 Å². The summed E-state index contributed by atoms with van der Waals surface area (Å²) in [6.07, 6.45) is 4.34. The van der Waals surface area contributed by atoms with Gasteiger partial charge in [-0.25, -0.2) is 4.98 Å². The Kier molecular flexibility index (Phi) is 3.63. The lowest BCUT2D eigenvalue weighted by Crippen LogP contribution is -2.41. The summed E-state index contributed by atoms with van der Waals surface area (Å²) in [6, 6.07) is 0. The van der Waals surface area contributed by atoms with Crippen molar-refractivity contribution in [1.29, 1.82) is 0 Å². The van der Waals surface area contributed by atoms with Crippen molar-refractivity contribution in [2.45, 2.75) is 39.3 Å². The maximum Gasteiger partial charge on any atom is 0.147 e. The molecular formula is C11H19N3O. The van der Waals surface area contributed by atoms with E-state index in [9.17, 15) is 0 Å². The fourth-order valence-electron chi connectivity index (χ4n) is 1.15. The SMILES string of the molecule is CCC(C)(C)N(C)c1cnc(CO)cn1. The quantitative estimate of drug-likeness (QED) is 0.818. The minimum Gasteiger partial charge on any atom is -0.390 e. The second-order valence-corrected chi connectivity index (χ2v) is 4.25. The highest BCUT2D eigenvalue weighted by molar-refractivity contribution is 5.37. The van der Waals surface area contributed by atoms with E-state index < -0.39 is 0 Å².